The molecule has 7 rings (SSSR count). The molecule has 0 bridgehead atoms. The second-order valence-electron chi connectivity index (χ2n) is 9.69. The normalized spacial score (nSPS) is 14.0. The Morgan fingerprint density at radius 2 is 0.634 bits per heavy atom. The third kappa shape index (κ3) is 3.83. The van der Waals surface area contributed by atoms with Crippen molar-refractivity contribution in [1.29, 1.82) is 0 Å². The van der Waals surface area contributed by atoms with Crippen LogP contribution in [0, 0.1) is 0 Å². The van der Waals surface area contributed by atoms with Crippen LogP contribution in [0.3, 0.4) is 0 Å². The average Bonchev–Trinajstić information content (AvgIpc) is 3.43. The van der Waals surface area contributed by atoms with E-state index >= 15 is 0 Å². The molecule has 0 unspecified atom stereocenters. The fourth-order valence-electron chi connectivity index (χ4n) is 5.37. The van der Waals surface area contributed by atoms with E-state index in [1.807, 2.05) is 59.5 Å². The van der Waals surface area contributed by atoms with Crippen LogP contribution in [0.5, 0.6) is 0 Å². The van der Waals surface area contributed by atoms with Crippen LogP contribution in [0.2, 0.25) is 0 Å². The molecule has 41 heavy (non-hydrogen) atoms. The van der Waals surface area contributed by atoms with E-state index in [-0.39, 0.29) is 23.6 Å². The third-order valence-electron chi connectivity index (χ3n) is 7.33. The monoisotopic (exact) mass is 535 g/mol. The lowest BCUT2D eigenvalue weighted by Crippen LogP contribution is -2.29. The smallest absolute Gasteiger partial charge is 0.266 e. The number of hydrogen-bond acceptors (Lipinski definition) is 5. The van der Waals surface area contributed by atoms with E-state index in [9.17, 15) is 19.2 Å². The number of rotatable bonds is 5. The number of anilines is 5. The Labute approximate surface area is 235 Å². The second-order valence-corrected chi connectivity index (χ2v) is 9.69. The highest BCUT2D eigenvalue weighted by atomic mass is 16.2. The van der Waals surface area contributed by atoms with Crippen LogP contribution in [-0.4, -0.2) is 23.6 Å². The van der Waals surface area contributed by atoms with Gasteiger partial charge in [-0.05, 0) is 84.9 Å². The molecule has 0 aromatic heterocycles. The molecule has 0 aliphatic carbocycles. The molecule has 0 spiro atoms. The summed E-state index contributed by atoms with van der Waals surface area (Å²) in [5.74, 6) is -1.38. The van der Waals surface area contributed by atoms with Crippen molar-refractivity contribution in [3.8, 4) is 0 Å². The van der Waals surface area contributed by atoms with Gasteiger partial charge >= 0.3 is 0 Å². The van der Waals surface area contributed by atoms with Gasteiger partial charge in [0.15, 0.2) is 0 Å². The molecule has 2 heterocycles. The van der Waals surface area contributed by atoms with Crippen molar-refractivity contribution in [3.63, 3.8) is 0 Å². The van der Waals surface area contributed by atoms with Crippen molar-refractivity contribution in [2.75, 3.05) is 14.7 Å². The number of fused-ring (bicyclic) bond motifs is 2. The van der Waals surface area contributed by atoms with Gasteiger partial charge in [0, 0.05) is 17.1 Å². The zero-order valence-corrected chi connectivity index (χ0v) is 21.6. The van der Waals surface area contributed by atoms with Crippen molar-refractivity contribution < 1.29 is 19.2 Å². The van der Waals surface area contributed by atoms with Gasteiger partial charge in [0.05, 0.1) is 33.6 Å². The van der Waals surface area contributed by atoms with Gasteiger partial charge in [0.1, 0.15) is 0 Å². The van der Waals surface area contributed by atoms with Crippen molar-refractivity contribution >= 4 is 52.1 Å². The first kappa shape index (κ1) is 24.2. The number of carbonyl (C=O) groups excluding carboxylic acids is 4. The van der Waals surface area contributed by atoms with E-state index in [2.05, 4.69) is 0 Å². The van der Waals surface area contributed by atoms with Gasteiger partial charge < -0.3 is 4.90 Å². The van der Waals surface area contributed by atoms with Gasteiger partial charge in [0.2, 0.25) is 0 Å². The number of nitrogens with zero attached hydrogens (tertiary/aromatic N) is 3. The second kappa shape index (κ2) is 9.43. The van der Waals surface area contributed by atoms with Crippen LogP contribution < -0.4 is 14.7 Å². The highest BCUT2D eigenvalue weighted by Gasteiger charge is 2.37. The Balaban J connectivity index is 1.22. The van der Waals surface area contributed by atoms with Crippen LogP contribution in [0.15, 0.2) is 127 Å². The van der Waals surface area contributed by atoms with Crippen LogP contribution >= 0.6 is 0 Å². The average molecular weight is 536 g/mol. The number of para-hydroxylation sites is 1. The zero-order valence-electron chi connectivity index (χ0n) is 21.6. The van der Waals surface area contributed by atoms with E-state index in [1.165, 1.54) is 9.80 Å². The molecule has 2 aliphatic rings. The minimum absolute atomic E-state index is 0.345. The largest absolute Gasteiger partial charge is 0.311 e. The van der Waals surface area contributed by atoms with Crippen molar-refractivity contribution in [1.82, 2.24) is 0 Å². The first-order valence-corrected chi connectivity index (χ1v) is 13.0. The molecule has 0 radical (unpaired) electrons. The summed E-state index contributed by atoms with van der Waals surface area (Å²) in [4.78, 5) is 56.3. The van der Waals surface area contributed by atoms with E-state index in [0.29, 0.717) is 33.6 Å². The summed E-state index contributed by atoms with van der Waals surface area (Å²) in [6.45, 7) is 0. The number of carbonyl (C=O) groups is 4. The van der Waals surface area contributed by atoms with Crippen LogP contribution in [0.25, 0.3) is 0 Å². The summed E-state index contributed by atoms with van der Waals surface area (Å²) in [6.07, 6.45) is 0. The zero-order chi connectivity index (χ0) is 28.1. The van der Waals surface area contributed by atoms with Gasteiger partial charge in [-0.15, -0.1) is 0 Å². The molecule has 2 aliphatic heterocycles. The molecule has 5 aromatic carbocycles. The van der Waals surface area contributed by atoms with E-state index in [4.69, 9.17) is 0 Å². The molecule has 7 heteroatoms. The maximum absolute atomic E-state index is 13.0. The quantitative estimate of drug-likeness (QED) is 0.233. The predicted molar refractivity (Wildman–Crippen MR) is 156 cm³/mol. The highest BCUT2D eigenvalue weighted by Crippen LogP contribution is 2.38. The fourth-order valence-corrected chi connectivity index (χ4v) is 5.37. The summed E-state index contributed by atoms with van der Waals surface area (Å²) in [7, 11) is 0. The number of benzene rings is 5. The van der Waals surface area contributed by atoms with Gasteiger partial charge in [-0.25, -0.2) is 9.80 Å². The Morgan fingerprint density at radius 1 is 0.341 bits per heavy atom. The Kier molecular flexibility index (Phi) is 5.57. The van der Waals surface area contributed by atoms with E-state index in [0.717, 1.165) is 17.1 Å². The molecular weight excluding hydrogens is 514 g/mol. The van der Waals surface area contributed by atoms with Crippen LogP contribution in [0.4, 0.5) is 28.4 Å². The highest BCUT2D eigenvalue weighted by molar-refractivity contribution is 6.35. The minimum atomic E-state index is -0.345. The lowest BCUT2D eigenvalue weighted by Gasteiger charge is -2.26. The number of amides is 4. The lowest BCUT2D eigenvalue weighted by atomic mass is 10.1. The van der Waals surface area contributed by atoms with Gasteiger partial charge in [0.25, 0.3) is 23.6 Å². The topological polar surface area (TPSA) is 78.0 Å². The Morgan fingerprint density at radius 3 is 0.976 bits per heavy atom. The molecule has 0 saturated carbocycles. The molecular formula is C34H21N3O4. The maximum Gasteiger partial charge on any atom is 0.266 e. The van der Waals surface area contributed by atoms with E-state index in [1.54, 1.807) is 72.8 Å². The third-order valence-corrected chi connectivity index (χ3v) is 7.33. The Hall–Kier alpha value is -5.82. The number of hydrogen-bond donors (Lipinski definition) is 0. The van der Waals surface area contributed by atoms with Crippen LogP contribution in [-0.2, 0) is 0 Å². The number of imide groups is 2. The summed E-state index contributed by atoms with van der Waals surface area (Å²) >= 11 is 0. The van der Waals surface area contributed by atoms with Crippen molar-refractivity contribution in [2.45, 2.75) is 0 Å². The Bertz CT molecular complexity index is 1680. The van der Waals surface area contributed by atoms with Gasteiger partial charge in [-0.1, -0.05) is 42.5 Å². The standard InChI is InChI=1S/C34H21N3O4/c38-31-27-10-4-5-11-28(27)32(39)36(31)25-18-14-23(15-19-25)35(22-8-2-1-3-9-22)24-16-20-26(21-17-24)37-33(40)29-12-6-7-13-30(29)34(37)41/h1-21H. The fraction of sp³-hybridized carbons (Fsp3) is 0. The summed E-state index contributed by atoms with van der Waals surface area (Å²) in [6, 6.07) is 37.8. The van der Waals surface area contributed by atoms with Crippen molar-refractivity contribution in [3.05, 3.63) is 150 Å². The molecule has 5 aromatic rings. The summed E-state index contributed by atoms with van der Waals surface area (Å²) in [5, 5.41) is 0. The molecule has 4 amide bonds. The minimum Gasteiger partial charge on any atom is -0.311 e. The lowest BCUT2D eigenvalue weighted by molar-refractivity contribution is 0.0910. The summed E-state index contributed by atoms with van der Waals surface area (Å²) < 4.78 is 0. The molecule has 0 N–H and O–H groups in total. The molecule has 0 saturated heterocycles. The first-order valence-electron chi connectivity index (χ1n) is 13.0. The van der Waals surface area contributed by atoms with Gasteiger partial charge in [-0.2, -0.15) is 0 Å². The van der Waals surface area contributed by atoms with Crippen molar-refractivity contribution in [2.24, 2.45) is 0 Å². The molecule has 196 valence electrons. The molecule has 7 nitrogen and oxygen atoms in total. The SMILES string of the molecule is O=C1c2ccccc2C(=O)N1c1ccc(N(c2ccccc2)c2ccc(N3C(=O)c4ccccc4C3=O)cc2)cc1. The maximum atomic E-state index is 13.0. The molecule has 0 fully saturated rings. The van der Waals surface area contributed by atoms with E-state index < -0.39 is 0 Å². The van der Waals surface area contributed by atoms with Gasteiger partial charge in [-0.3, -0.25) is 19.2 Å². The van der Waals surface area contributed by atoms with Crippen LogP contribution in [0.1, 0.15) is 41.4 Å². The first-order chi connectivity index (χ1) is 20.0. The summed E-state index contributed by atoms with van der Waals surface area (Å²) in [5.41, 5.74) is 5.01. The molecule has 0 atom stereocenters. The predicted octanol–water partition coefficient (Wildman–Crippen LogP) is 6.76.